The summed E-state index contributed by atoms with van der Waals surface area (Å²) >= 11 is 0. The van der Waals surface area contributed by atoms with Gasteiger partial charge in [0.1, 0.15) is 25.8 Å². The molecule has 1 N–H and O–H groups in total. The number of nitrogens with zero attached hydrogens (tertiary/aromatic N) is 1. The molecule has 0 aliphatic carbocycles. The van der Waals surface area contributed by atoms with E-state index in [2.05, 4.69) is 4.98 Å². The van der Waals surface area contributed by atoms with Crippen LogP contribution in [0.25, 0.3) is 0 Å². The number of halogens is 1. The van der Waals surface area contributed by atoms with Crippen LogP contribution < -0.4 is 11.2 Å². The lowest BCUT2D eigenvalue weighted by atomic mass is 10.1. The Morgan fingerprint density at radius 2 is 2.15 bits per heavy atom. The fourth-order valence-corrected chi connectivity index (χ4v) is 2.26. The van der Waals surface area contributed by atoms with Crippen LogP contribution in [0.3, 0.4) is 0 Å². The summed E-state index contributed by atoms with van der Waals surface area (Å²) in [5, 5.41) is 0. The molecule has 2 fully saturated rings. The highest BCUT2D eigenvalue weighted by atomic mass is 19.1. The van der Waals surface area contributed by atoms with Crippen molar-refractivity contribution in [1.29, 1.82) is 0 Å². The number of aromatic amines is 1. The fourth-order valence-electron chi connectivity index (χ4n) is 2.26. The van der Waals surface area contributed by atoms with Crippen molar-refractivity contribution in [2.24, 2.45) is 0 Å². The summed E-state index contributed by atoms with van der Waals surface area (Å²) in [6.07, 6.45) is -3.09. The number of hydrogen-bond acceptors (Lipinski definition) is 6. The van der Waals surface area contributed by atoms with Crippen molar-refractivity contribution in [3.63, 3.8) is 0 Å². The van der Waals surface area contributed by atoms with E-state index in [1.54, 1.807) is 0 Å². The largest absolute Gasteiger partial charge is 0.353 e. The Balaban J connectivity index is 1.87. The Bertz CT molecular complexity index is 587. The highest BCUT2D eigenvalue weighted by Crippen LogP contribution is 2.33. The second-order valence-corrected chi connectivity index (χ2v) is 4.47. The Hall–Kier alpha value is -1.55. The van der Waals surface area contributed by atoms with Gasteiger partial charge in [0.25, 0.3) is 5.56 Å². The molecular weight excluding hydrogens is 275 g/mol. The third kappa shape index (κ3) is 2.40. The van der Waals surface area contributed by atoms with Crippen molar-refractivity contribution in [2.45, 2.75) is 24.6 Å². The fraction of sp³-hybridized carbons (Fsp3) is 0.636. The van der Waals surface area contributed by atoms with Crippen LogP contribution in [0.15, 0.2) is 21.9 Å². The number of hydrogen-bond donors (Lipinski definition) is 1. The second-order valence-electron chi connectivity index (χ2n) is 4.47. The van der Waals surface area contributed by atoms with Crippen molar-refractivity contribution in [2.75, 3.05) is 20.2 Å². The van der Waals surface area contributed by atoms with E-state index in [0.29, 0.717) is 0 Å². The van der Waals surface area contributed by atoms with Gasteiger partial charge in [-0.1, -0.05) is 0 Å². The number of H-pyrrole nitrogens is 1. The molecule has 1 aromatic rings. The summed E-state index contributed by atoms with van der Waals surface area (Å²) in [5.41, 5.74) is -1.30. The predicted octanol–water partition coefficient (Wildman–Crippen LogP) is -0.881. The minimum Gasteiger partial charge on any atom is -0.353 e. The van der Waals surface area contributed by atoms with E-state index in [9.17, 15) is 14.0 Å². The SMILES string of the molecule is O=c1ccn([C@@H]2O[C@@H]3COCOCOC3[C@@H]2F)c(=O)[nH]1. The third-order valence-corrected chi connectivity index (χ3v) is 3.18. The molecule has 0 spiro atoms. The molecule has 3 heterocycles. The van der Waals surface area contributed by atoms with Crippen LogP contribution in [0.4, 0.5) is 4.39 Å². The van der Waals surface area contributed by atoms with Gasteiger partial charge in [-0.2, -0.15) is 0 Å². The van der Waals surface area contributed by atoms with E-state index in [4.69, 9.17) is 18.9 Å². The monoisotopic (exact) mass is 288 g/mol. The number of aromatic nitrogens is 2. The molecule has 2 saturated heterocycles. The standard InChI is InChI=1S/C11H13FN2O6/c12-8-9-6(3-17-4-18-5-19-9)20-10(8)14-2-1-7(15)13-11(14)16/h1-2,6,8-10H,3-5H2,(H,13,15,16)/t6-,8+,9?,10-/m1/s1. The van der Waals surface area contributed by atoms with Gasteiger partial charge >= 0.3 is 5.69 Å². The van der Waals surface area contributed by atoms with Crippen molar-refractivity contribution in [3.8, 4) is 0 Å². The molecule has 0 radical (unpaired) electrons. The maximum Gasteiger partial charge on any atom is 0.330 e. The minimum absolute atomic E-state index is 0.0345. The van der Waals surface area contributed by atoms with Gasteiger partial charge in [-0.15, -0.1) is 0 Å². The van der Waals surface area contributed by atoms with E-state index in [-0.39, 0.29) is 20.2 Å². The number of alkyl halides is 1. The highest BCUT2D eigenvalue weighted by molar-refractivity contribution is 4.94. The topological polar surface area (TPSA) is 91.8 Å². The molecule has 0 saturated carbocycles. The minimum atomic E-state index is -1.58. The highest BCUT2D eigenvalue weighted by Gasteiger charge is 2.47. The molecule has 0 aromatic carbocycles. The number of rotatable bonds is 1. The van der Waals surface area contributed by atoms with Gasteiger partial charge in [0.15, 0.2) is 12.4 Å². The number of ether oxygens (including phenoxy) is 4. The zero-order chi connectivity index (χ0) is 14.1. The molecule has 110 valence electrons. The van der Waals surface area contributed by atoms with Crippen molar-refractivity contribution in [1.82, 2.24) is 9.55 Å². The van der Waals surface area contributed by atoms with Crippen LogP contribution in [0.5, 0.6) is 0 Å². The lowest BCUT2D eigenvalue weighted by Crippen LogP contribution is -2.38. The average molecular weight is 288 g/mol. The molecule has 20 heavy (non-hydrogen) atoms. The zero-order valence-electron chi connectivity index (χ0n) is 10.4. The molecule has 9 heteroatoms. The molecule has 0 amide bonds. The Labute approximate surface area is 112 Å². The molecule has 3 rings (SSSR count). The average Bonchev–Trinajstić information content (AvgIpc) is 2.66. The van der Waals surface area contributed by atoms with Crippen LogP contribution >= 0.6 is 0 Å². The number of fused-ring (bicyclic) bond motifs is 1. The van der Waals surface area contributed by atoms with Crippen LogP contribution in [0.1, 0.15) is 6.23 Å². The third-order valence-electron chi connectivity index (χ3n) is 3.18. The van der Waals surface area contributed by atoms with Gasteiger partial charge in [0.2, 0.25) is 0 Å². The summed E-state index contributed by atoms with van der Waals surface area (Å²) in [6.45, 7) is 0.0185. The summed E-state index contributed by atoms with van der Waals surface area (Å²) in [4.78, 5) is 24.7. The van der Waals surface area contributed by atoms with Crippen LogP contribution in [-0.2, 0) is 18.9 Å². The van der Waals surface area contributed by atoms with Crippen LogP contribution in [0, 0.1) is 0 Å². The lowest BCUT2D eigenvalue weighted by Gasteiger charge is -2.22. The maximum atomic E-state index is 14.4. The molecule has 1 unspecified atom stereocenters. The summed E-state index contributed by atoms with van der Waals surface area (Å²) in [5.74, 6) is 0. The Kier molecular flexibility index (Phi) is 3.66. The molecule has 2 aliphatic heterocycles. The zero-order valence-corrected chi connectivity index (χ0v) is 10.4. The van der Waals surface area contributed by atoms with E-state index in [0.717, 1.165) is 10.6 Å². The van der Waals surface area contributed by atoms with Gasteiger partial charge in [0, 0.05) is 12.3 Å². The first-order chi connectivity index (χ1) is 9.66. The van der Waals surface area contributed by atoms with E-state index in [1.807, 2.05) is 0 Å². The Morgan fingerprint density at radius 1 is 1.30 bits per heavy atom. The normalized spacial score (nSPS) is 34.2. The molecule has 4 atom stereocenters. The van der Waals surface area contributed by atoms with Crippen molar-refractivity contribution >= 4 is 0 Å². The van der Waals surface area contributed by atoms with E-state index in [1.165, 1.54) is 6.20 Å². The number of nitrogens with one attached hydrogen (secondary N) is 1. The summed E-state index contributed by atoms with van der Waals surface area (Å²) in [7, 11) is 0. The maximum absolute atomic E-state index is 14.4. The van der Waals surface area contributed by atoms with Gasteiger partial charge in [-0.05, 0) is 0 Å². The molecule has 1 aromatic heterocycles. The Morgan fingerprint density at radius 3 is 2.95 bits per heavy atom. The molecular formula is C11H13FN2O6. The van der Waals surface area contributed by atoms with Crippen molar-refractivity contribution in [3.05, 3.63) is 33.1 Å². The summed E-state index contributed by atoms with van der Waals surface area (Å²) in [6, 6.07) is 1.12. The molecule has 0 bridgehead atoms. The van der Waals surface area contributed by atoms with Crippen molar-refractivity contribution < 1.29 is 23.3 Å². The molecule has 2 aliphatic rings. The van der Waals surface area contributed by atoms with Gasteiger partial charge < -0.3 is 18.9 Å². The van der Waals surface area contributed by atoms with Gasteiger partial charge in [0.05, 0.1) is 6.61 Å². The second kappa shape index (κ2) is 5.44. The quantitative estimate of drug-likeness (QED) is 0.721. The predicted molar refractivity (Wildman–Crippen MR) is 61.8 cm³/mol. The smallest absolute Gasteiger partial charge is 0.330 e. The lowest BCUT2D eigenvalue weighted by molar-refractivity contribution is -0.203. The summed E-state index contributed by atoms with van der Waals surface area (Å²) < 4.78 is 36.2. The van der Waals surface area contributed by atoms with Gasteiger partial charge in [-0.25, -0.2) is 9.18 Å². The van der Waals surface area contributed by atoms with E-state index < -0.39 is 35.9 Å². The van der Waals surface area contributed by atoms with Crippen LogP contribution in [-0.4, -0.2) is 48.1 Å². The first-order valence-corrected chi connectivity index (χ1v) is 6.05. The first kappa shape index (κ1) is 13.4. The van der Waals surface area contributed by atoms with Gasteiger partial charge in [-0.3, -0.25) is 14.3 Å². The molecule has 8 nitrogen and oxygen atoms in total. The van der Waals surface area contributed by atoms with Crippen LogP contribution in [0.2, 0.25) is 0 Å². The van der Waals surface area contributed by atoms with E-state index >= 15 is 0 Å². The first-order valence-electron chi connectivity index (χ1n) is 6.05.